The van der Waals surface area contributed by atoms with E-state index in [1.165, 1.54) is 0 Å². The Labute approximate surface area is 124 Å². The van der Waals surface area contributed by atoms with Crippen molar-refractivity contribution in [3.05, 3.63) is 46.9 Å². The second kappa shape index (κ2) is 5.45. The molecule has 1 atom stereocenters. The highest BCUT2D eigenvalue weighted by molar-refractivity contribution is 6.35. The SMILES string of the molecule is CC(NC(=O)c1cc(Cl)c2ccccc2n1)c1nn[nH]n1. The van der Waals surface area contributed by atoms with E-state index in [0.717, 1.165) is 5.39 Å². The number of halogens is 1. The van der Waals surface area contributed by atoms with Crippen LogP contribution in [-0.4, -0.2) is 31.5 Å². The van der Waals surface area contributed by atoms with E-state index in [0.29, 0.717) is 16.4 Å². The van der Waals surface area contributed by atoms with Gasteiger partial charge in [-0.05, 0) is 19.1 Å². The first-order valence-electron chi connectivity index (χ1n) is 6.24. The molecule has 2 aromatic heterocycles. The van der Waals surface area contributed by atoms with Crippen LogP contribution in [0.25, 0.3) is 10.9 Å². The van der Waals surface area contributed by atoms with Crippen molar-refractivity contribution in [1.29, 1.82) is 0 Å². The number of benzene rings is 1. The highest BCUT2D eigenvalue weighted by atomic mass is 35.5. The van der Waals surface area contributed by atoms with Crippen molar-refractivity contribution >= 4 is 28.4 Å². The van der Waals surface area contributed by atoms with Gasteiger partial charge in [-0.3, -0.25) is 4.79 Å². The maximum Gasteiger partial charge on any atom is 0.270 e. The third-order valence-electron chi connectivity index (χ3n) is 2.99. The average Bonchev–Trinajstić information content (AvgIpc) is 3.01. The van der Waals surface area contributed by atoms with Crippen molar-refractivity contribution in [3.63, 3.8) is 0 Å². The minimum atomic E-state index is -0.386. The lowest BCUT2D eigenvalue weighted by Gasteiger charge is -2.10. The molecule has 3 rings (SSSR count). The van der Waals surface area contributed by atoms with E-state index in [9.17, 15) is 4.79 Å². The number of tetrazole rings is 1. The fraction of sp³-hybridized carbons (Fsp3) is 0.154. The van der Waals surface area contributed by atoms with Gasteiger partial charge in [0.2, 0.25) is 0 Å². The van der Waals surface area contributed by atoms with E-state index in [-0.39, 0.29) is 17.6 Å². The summed E-state index contributed by atoms with van der Waals surface area (Å²) in [5.41, 5.74) is 0.913. The molecule has 0 aliphatic heterocycles. The van der Waals surface area contributed by atoms with Gasteiger partial charge in [0.15, 0.2) is 5.82 Å². The van der Waals surface area contributed by atoms with Gasteiger partial charge in [0, 0.05) is 5.39 Å². The van der Waals surface area contributed by atoms with Gasteiger partial charge in [-0.1, -0.05) is 35.0 Å². The lowest BCUT2D eigenvalue weighted by Crippen LogP contribution is -2.28. The van der Waals surface area contributed by atoms with E-state index in [1.807, 2.05) is 18.2 Å². The van der Waals surface area contributed by atoms with E-state index in [2.05, 4.69) is 30.9 Å². The Bertz CT molecular complexity index is 788. The van der Waals surface area contributed by atoms with Gasteiger partial charge < -0.3 is 5.32 Å². The first kappa shape index (κ1) is 13.4. The smallest absolute Gasteiger partial charge is 0.270 e. The lowest BCUT2D eigenvalue weighted by atomic mass is 10.2. The first-order valence-corrected chi connectivity index (χ1v) is 6.62. The molecule has 1 amide bonds. The molecule has 1 aromatic carbocycles. The first-order chi connectivity index (χ1) is 10.1. The zero-order valence-electron chi connectivity index (χ0n) is 11.0. The average molecular weight is 303 g/mol. The fourth-order valence-electron chi connectivity index (χ4n) is 1.94. The van der Waals surface area contributed by atoms with Crippen molar-refractivity contribution in [3.8, 4) is 0 Å². The van der Waals surface area contributed by atoms with Gasteiger partial charge in [0.05, 0.1) is 16.6 Å². The number of carbonyl (C=O) groups is 1. The minimum absolute atomic E-state index is 0.244. The Balaban J connectivity index is 1.88. The number of hydrogen-bond donors (Lipinski definition) is 2. The summed E-state index contributed by atoms with van der Waals surface area (Å²) in [6.07, 6.45) is 0. The standard InChI is InChI=1S/C13H11ClN6O/c1-7(12-17-19-20-18-12)15-13(21)11-6-9(14)8-4-2-3-5-10(8)16-11/h2-7H,1H3,(H,15,21)(H,17,18,19,20). The molecule has 3 aromatic rings. The molecule has 0 fully saturated rings. The van der Waals surface area contributed by atoms with Crippen LogP contribution in [-0.2, 0) is 0 Å². The summed E-state index contributed by atoms with van der Waals surface area (Å²) in [6, 6.07) is 8.53. The number of H-pyrrole nitrogens is 1. The number of aromatic amines is 1. The predicted octanol–water partition coefficient (Wildman–Crippen LogP) is 1.89. The molecular weight excluding hydrogens is 292 g/mol. The Morgan fingerprint density at radius 1 is 1.38 bits per heavy atom. The zero-order chi connectivity index (χ0) is 14.8. The summed E-state index contributed by atoms with van der Waals surface area (Å²) in [4.78, 5) is 16.5. The van der Waals surface area contributed by atoms with Gasteiger partial charge in [-0.2, -0.15) is 5.21 Å². The Morgan fingerprint density at radius 2 is 2.19 bits per heavy atom. The van der Waals surface area contributed by atoms with Gasteiger partial charge in [-0.15, -0.1) is 10.2 Å². The van der Waals surface area contributed by atoms with E-state index in [1.54, 1.807) is 19.1 Å². The third kappa shape index (κ3) is 2.68. The Kier molecular flexibility index (Phi) is 3.49. The number of nitrogens with zero attached hydrogens (tertiary/aromatic N) is 4. The molecule has 0 bridgehead atoms. The molecule has 1 unspecified atom stereocenters. The van der Waals surface area contributed by atoms with Gasteiger partial charge in [-0.25, -0.2) is 4.98 Å². The highest BCUT2D eigenvalue weighted by Gasteiger charge is 2.17. The molecule has 0 aliphatic rings. The van der Waals surface area contributed by atoms with Gasteiger partial charge in [0.25, 0.3) is 5.91 Å². The molecule has 0 radical (unpaired) electrons. The number of carbonyl (C=O) groups excluding carboxylic acids is 1. The lowest BCUT2D eigenvalue weighted by molar-refractivity contribution is 0.0933. The van der Waals surface area contributed by atoms with E-state index >= 15 is 0 Å². The van der Waals surface area contributed by atoms with Crippen LogP contribution in [0.15, 0.2) is 30.3 Å². The topological polar surface area (TPSA) is 96.5 Å². The zero-order valence-corrected chi connectivity index (χ0v) is 11.8. The van der Waals surface area contributed by atoms with Crippen LogP contribution in [0, 0.1) is 0 Å². The van der Waals surface area contributed by atoms with Crippen LogP contribution in [0.3, 0.4) is 0 Å². The number of pyridine rings is 1. The number of fused-ring (bicyclic) bond motifs is 1. The van der Waals surface area contributed by atoms with Gasteiger partial charge in [0.1, 0.15) is 5.69 Å². The van der Waals surface area contributed by atoms with Crippen molar-refractivity contribution in [2.75, 3.05) is 0 Å². The monoisotopic (exact) mass is 302 g/mol. The van der Waals surface area contributed by atoms with E-state index in [4.69, 9.17) is 11.6 Å². The maximum atomic E-state index is 12.2. The molecule has 0 saturated carbocycles. The predicted molar refractivity (Wildman–Crippen MR) is 76.8 cm³/mol. The summed E-state index contributed by atoms with van der Waals surface area (Å²) >= 11 is 6.18. The molecule has 0 spiro atoms. The summed E-state index contributed by atoms with van der Waals surface area (Å²) < 4.78 is 0. The van der Waals surface area contributed by atoms with E-state index < -0.39 is 0 Å². The van der Waals surface area contributed by atoms with Crippen molar-refractivity contribution in [2.45, 2.75) is 13.0 Å². The van der Waals surface area contributed by atoms with Crippen LogP contribution >= 0.6 is 11.6 Å². The summed E-state index contributed by atoms with van der Waals surface area (Å²) in [6.45, 7) is 1.76. The number of para-hydroxylation sites is 1. The second-order valence-electron chi connectivity index (χ2n) is 4.47. The summed E-state index contributed by atoms with van der Waals surface area (Å²) in [5.74, 6) is 0.0511. The molecule has 2 N–H and O–H groups in total. The normalized spacial score (nSPS) is 12.3. The number of rotatable bonds is 3. The molecule has 0 aliphatic carbocycles. The third-order valence-corrected chi connectivity index (χ3v) is 3.31. The molecule has 106 valence electrons. The molecule has 2 heterocycles. The van der Waals surface area contributed by atoms with Gasteiger partial charge >= 0.3 is 0 Å². The van der Waals surface area contributed by atoms with Crippen LogP contribution < -0.4 is 5.32 Å². The minimum Gasteiger partial charge on any atom is -0.341 e. The highest BCUT2D eigenvalue weighted by Crippen LogP contribution is 2.23. The van der Waals surface area contributed by atoms with Crippen molar-refractivity contribution in [1.82, 2.24) is 30.9 Å². The maximum absolute atomic E-state index is 12.2. The largest absolute Gasteiger partial charge is 0.341 e. The Hall–Kier alpha value is -2.54. The number of amides is 1. The van der Waals surface area contributed by atoms with Crippen molar-refractivity contribution < 1.29 is 4.79 Å². The molecule has 21 heavy (non-hydrogen) atoms. The van der Waals surface area contributed by atoms with Crippen LogP contribution in [0.5, 0.6) is 0 Å². The van der Waals surface area contributed by atoms with Crippen molar-refractivity contribution in [2.24, 2.45) is 0 Å². The number of nitrogens with one attached hydrogen (secondary N) is 2. The summed E-state index contributed by atoms with van der Waals surface area (Å²) in [5, 5.41) is 17.5. The molecule has 0 saturated heterocycles. The van der Waals surface area contributed by atoms with Crippen LogP contribution in [0.1, 0.15) is 29.3 Å². The fourth-order valence-corrected chi connectivity index (χ4v) is 2.20. The molecule has 7 nitrogen and oxygen atoms in total. The second-order valence-corrected chi connectivity index (χ2v) is 4.88. The van der Waals surface area contributed by atoms with Crippen LogP contribution in [0.2, 0.25) is 5.02 Å². The number of aromatic nitrogens is 5. The molecule has 8 heteroatoms. The number of hydrogen-bond acceptors (Lipinski definition) is 5. The quantitative estimate of drug-likeness (QED) is 0.770. The van der Waals surface area contributed by atoms with Crippen LogP contribution in [0.4, 0.5) is 0 Å². The summed E-state index contributed by atoms with van der Waals surface area (Å²) in [7, 11) is 0. The molecular formula is C13H11ClN6O. The Morgan fingerprint density at radius 3 is 2.95 bits per heavy atom.